The molecule has 39 heavy (non-hydrogen) atoms. The van der Waals surface area contributed by atoms with Gasteiger partial charge in [0.15, 0.2) is 4.34 Å². The number of thioether (sulfide) groups is 1. The summed E-state index contributed by atoms with van der Waals surface area (Å²) < 4.78 is 1.79. The van der Waals surface area contributed by atoms with Gasteiger partial charge in [-0.05, 0) is 53.6 Å². The number of hydrogen-bond donors (Lipinski definition) is 3. The molecule has 1 heterocycles. The minimum Gasteiger partial charge on any atom is -0.478 e. The van der Waals surface area contributed by atoms with E-state index in [-0.39, 0.29) is 22.9 Å². The Morgan fingerprint density at radius 3 is 2.21 bits per heavy atom. The molecule has 0 fully saturated rings. The second kappa shape index (κ2) is 11.9. The molecule has 0 saturated heterocycles. The third-order valence-electron chi connectivity index (χ3n) is 5.90. The fraction of sp³-hybridized carbons (Fsp3) is 0.0667. The number of nitrogens with zero attached hydrogens (tertiary/aromatic N) is 1. The number of carboxylic acid groups (broad SMARTS) is 1. The number of amides is 2. The topological polar surface area (TPSA) is 108 Å². The molecule has 5 rings (SSSR count). The van der Waals surface area contributed by atoms with Gasteiger partial charge in [0.25, 0.3) is 11.8 Å². The van der Waals surface area contributed by atoms with Gasteiger partial charge in [-0.25, -0.2) is 9.78 Å². The van der Waals surface area contributed by atoms with Crippen molar-refractivity contribution in [1.82, 2.24) is 10.3 Å². The largest absolute Gasteiger partial charge is 0.478 e. The van der Waals surface area contributed by atoms with Crippen molar-refractivity contribution in [2.45, 2.75) is 16.6 Å². The molecule has 0 aliphatic rings. The molecular weight excluding hydrogens is 530 g/mol. The van der Waals surface area contributed by atoms with E-state index in [0.717, 1.165) is 25.7 Å². The van der Waals surface area contributed by atoms with Crippen molar-refractivity contribution in [1.29, 1.82) is 0 Å². The summed E-state index contributed by atoms with van der Waals surface area (Å²) >= 11 is 3.08. The van der Waals surface area contributed by atoms with Crippen LogP contribution in [-0.2, 0) is 12.3 Å². The summed E-state index contributed by atoms with van der Waals surface area (Å²) in [6.07, 6.45) is 0. The Hall–Kier alpha value is -4.47. The zero-order valence-corrected chi connectivity index (χ0v) is 22.2. The average Bonchev–Trinajstić information content (AvgIpc) is 3.38. The zero-order valence-electron chi connectivity index (χ0n) is 20.6. The Balaban J connectivity index is 1.24. The van der Waals surface area contributed by atoms with Crippen molar-refractivity contribution >= 4 is 56.8 Å². The minimum atomic E-state index is -0.946. The molecule has 1 aromatic heterocycles. The van der Waals surface area contributed by atoms with E-state index in [1.807, 2.05) is 42.5 Å². The standard InChI is InChI=1S/C30H23N3O4S2/c34-27(31-17-19-6-2-1-3-7-19)23-8-4-5-9-24(23)28(35)32-22-14-15-25-26(16-22)39-30(33-25)38-18-20-10-12-21(13-11-20)29(36)37/h1-16H,17-18H2,(H,31,34)(H,32,35)(H,36,37). The lowest BCUT2D eigenvalue weighted by Gasteiger charge is -2.11. The summed E-state index contributed by atoms with van der Waals surface area (Å²) in [5.74, 6) is -0.976. The number of nitrogens with one attached hydrogen (secondary N) is 2. The maximum absolute atomic E-state index is 13.1. The minimum absolute atomic E-state index is 0.258. The number of carbonyl (C=O) groups is 3. The van der Waals surface area contributed by atoms with Crippen LogP contribution in [0.15, 0.2) is 101 Å². The number of hydrogen-bond acceptors (Lipinski definition) is 6. The van der Waals surface area contributed by atoms with Gasteiger partial charge in [-0.2, -0.15) is 0 Å². The summed E-state index contributed by atoms with van der Waals surface area (Å²) in [6, 6.07) is 28.6. The first-order chi connectivity index (χ1) is 19.0. The summed E-state index contributed by atoms with van der Waals surface area (Å²) in [5, 5.41) is 14.8. The summed E-state index contributed by atoms with van der Waals surface area (Å²) in [4.78, 5) is 41.7. The molecule has 194 valence electrons. The molecule has 0 saturated carbocycles. The third kappa shape index (κ3) is 6.51. The monoisotopic (exact) mass is 553 g/mol. The van der Waals surface area contributed by atoms with E-state index in [9.17, 15) is 14.4 Å². The van der Waals surface area contributed by atoms with Crippen LogP contribution in [0.4, 0.5) is 5.69 Å². The van der Waals surface area contributed by atoms with Crippen LogP contribution in [0.25, 0.3) is 10.2 Å². The number of benzene rings is 4. The van der Waals surface area contributed by atoms with E-state index in [4.69, 9.17) is 5.11 Å². The summed E-state index contributed by atoms with van der Waals surface area (Å²) in [7, 11) is 0. The number of rotatable bonds is 9. The molecule has 0 spiro atoms. The normalized spacial score (nSPS) is 10.8. The Labute approximate surface area is 232 Å². The summed E-state index contributed by atoms with van der Waals surface area (Å²) in [6.45, 7) is 0.367. The van der Waals surface area contributed by atoms with E-state index < -0.39 is 5.97 Å². The molecule has 7 nitrogen and oxygen atoms in total. The van der Waals surface area contributed by atoms with Crippen LogP contribution in [0.2, 0.25) is 0 Å². The maximum Gasteiger partial charge on any atom is 0.335 e. The number of carbonyl (C=O) groups excluding carboxylic acids is 2. The van der Waals surface area contributed by atoms with Gasteiger partial charge in [0.2, 0.25) is 0 Å². The smallest absolute Gasteiger partial charge is 0.335 e. The number of fused-ring (bicyclic) bond motifs is 1. The van der Waals surface area contributed by atoms with Crippen LogP contribution in [0.1, 0.15) is 42.2 Å². The quantitative estimate of drug-likeness (QED) is 0.181. The first kappa shape index (κ1) is 26.1. The van der Waals surface area contributed by atoms with Crippen molar-refractivity contribution in [3.05, 3.63) is 125 Å². The van der Waals surface area contributed by atoms with E-state index in [0.29, 0.717) is 23.5 Å². The van der Waals surface area contributed by atoms with Crippen LogP contribution < -0.4 is 10.6 Å². The first-order valence-electron chi connectivity index (χ1n) is 12.0. The fourth-order valence-electron chi connectivity index (χ4n) is 3.88. The van der Waals surface area contributed by atoms with Crippen LogP contribution in [0.3, 0.4) is 0 Å². The Morgan fingerprint density at radius 2 is 1.49 bits per heavy atom. The van der Waals surface area contributed by atoms with Crippen LogP contribution in [0.5, 0.6) is 0 Å². The predicted molar refractivity (Wildman–Crippen MR) is 155 cm³/mol. The molecule has 0 unspecified atom stereocenters. The number of anilines is 1. The molecule has 2 amide bonds. The van der Waals surface area contributed by atoms with Crippen molar-refractivity contribution < 1.29 is 19.5 Å². The van der Waals surface area contributed by atoms with Crippen LogP contribution in [0, 0.1) is 0 Å². The second-order valence-electron chi connectivity index (χ2n) is 8.62. The lowest BCUT2D eigenvalue weighted by Crippen LogP contribution is -2.26. The fourth-order valence-corrected chi connectivity index (χ4v) is 5.95. The summed E-state index contributed by atoms with van der Waals surface area (Å²) in [5.41, 5.74) is 4.26. The van der Waals surface area contributed by atoms with E-state index in [1.54, 1.807) is 66.4 Å². The van der Waals surface area contributed by atoms with E-state index >= 15 is 0 Å². The molecule has 3 N–H and O–H groups in total. The zero-order chi connectivity index (χ0) is 27.2. The van der Waals surface area contributed by atoms with Crippen molar-refractivity contribution in [3.8, 4) is 0 Å². The highest BCUT2D eigenvalue weighted by Crippen LogP contribution is 2.33. The SMILES string of the molecule is O=C(O)c1ccc(CSc2nc3ccc(NC(=O)c4ccccc4C(=O)NCc4ccccc4)cc3s2)cc1. The lowest BCUT2D eigenvalue weighted by molar-refractivity contribution is 0.0696. The molecular formula is C30H23N3O4S2. The Morgan fingerprint density at radius 1 is 0.795 bits per heavy atom. The molecule has 5 aromatic rings. The second-order valence-corrected chi connectivity index (χ2v) is 10.9. The number of aromatic nitrogens is 1. The predicted octanol–water partition coefficient (Wildman–Crippen LogP) is 6.47. The van der Waals surface area contributed by atoms with Gasteiger partial charge < -0.3 is 15.7 Å². The van der Waals surface area contributed by atoms with E-state index in [1.165, 1.54) is 11.3 Å². The van der Waals surface area contributed by atoms with Crippen molar-refractivity contribution in [3.63, 3.8) is 0 Å². The lowest BCUT2D eigenvalue weighted by atomic mass is 10.1. The molecule has 0 aliphatic carbocycles. The molecule has 4 aromatic carbocycles. The highest BCUT2D eigenvalue weighted by atomic mass is 32.2. The van der Waals surface area contributed by atoms with Gasteiger partial charge in [0.1, 0.15) is 0 Å². The highest BCUT2D eigenvalue weighted by Gasteiger charge is 2.17. The number of thiazole rings is 1. The molecule has 0 bridgehead atoms. The maximum atomic E-state index is 13.1. The molecule has 0 radical (unpaired) electrons. The number of aromatic carboxylic acids is 1. The van der Waals surface area contributed by atoms with Crippen molar-refractivity contribution in [2.75, 3.05) is 5.32 Å². The number of carboxylic acids is 1. The molecule has 0 atom stereocenters. The Bertz CT molecular complexity index is 1650. The first-order valence-corrected chi connectivity index (χ1v) is 13.8. The van der Waals surface area contributed by atoms with Crippen LogP contribution >= 0.6 is 23.1 Å². The Kier molecular flexibility index (Phi) is 8.00. The highest BCUT2D eigenvalue weighted by molar-refractivity contribution is 8.00. The van der Waals surface area contributed by atoms with Gasteiger partial charge in [-0.3, -0.25) is 9.59 Å². The third-order valence-corrected chi connectivity index (χ3v) is 8.13. The molecule has 9 heteroatoms. The van der Waals surface area contributed by atoms with Gasteiger partial charge >= 0.3 is 5.97 Å². The van der Waals surface area contributed by atoms with Gasteiger partial charge in [0, 0.05) is 18.0 Å². The van der Waals surface area contributed by atoms with Gasteiger partial charge in [-0.1, -0.05) is 66.4 Å². The molecule has 0 aliphatic heterocycles. The van der Waals surface area contributed by atoms with Gasteiger partial charge in [0.05, 0.1) is 26.9 Å². The van der Waals surface area contributed by atoms with Crippen LogP contribution in [-0.4, -0.2) is 27.9 Å². The average molecular weight is 554 g/mol. The van der Waals surface area contributed by atoms with Gasteiger partial charge in [-0.15, -0.1) is 11.3 Å². The van der Waals surface area contributed by atoms with E-state index in [2.05, 4.69) is 15.6 Å². The van der Waals surface area contributed by atoms with Crippen molar-refractivity contribution in [2.24, 2.45) is 0 Å².